The Balaban J connectivity index is 2.54. The summed E-state index contributed by atoms with van der Waals surface area (Å²) in [5.41, 5.74) is -0.0925. The van der Waals surface area contributed by atoms with Crippen LogP contribution < -0.4 is 0 Å². The molecule has 0 N–H and O–H groups in total. The topological polar surface area (TPSA) is 0 Å². The minimum atomic E-state index is -4.43. The highest BCUT2D eigenvalue weighted by atomic mass is 79.9. The van der Waals surface area contributed by atoms with Gasteiger partial charge in [0.2, 0.25) is 0 Å². The first kappa shape index (κ1) is 15.9. The summed E-state index contributed by atoms with van der Waals surface area (Å²) in [6, 6.07) is 10.6. The predicted octanol–water partition coefficient (Wildman–Crippen LogP) is 6.56. The summed E-state index contributed by atoms with van der Waals surface area (Å²) in [5.74, 6) is 0. The van der Waals surface area contributed by atoms with Crippen LogP contribution in [0.4, 0.5) is 13.2 Å². The van der Waals surface area contributed by atoms with E-state index in [0.29, 0.717) is 10.0 Å². The normalized spacial score (nSPS) is 13.3. The number of hydrogen-bond acceptors (Lipinski definition) is 0. The van der Waals surface area contributed by atoms with Gasteiger partial charge in [0, 0.05) is 8.95 Å². The van der Waals surface area contributed by atoms with Crippen molar-refractivity contribution in [2.24, 2.45) is 0 Å². The molecule has 0 bridgehead atoms. The Bertz CT molecular complexity index is 626. The molecule has 0 nitrogen and oxygen atoms in total. The van der Waals surface area contributed by atoms with Crippen molar-refractivity contribution < 1.29 is 13.2 Å². The third-order valence-corrected chi connectivity index (χ3v) is 4.46. The third kappa shape index (κ3) is 3.38. The van der Waals surface area contributed by atoms with Crippen LogP contribution in [0.15, 0.2) is 51.4 Å². The molecule has 0 aliphatic heterocycles. The second kappa shape index (κ2) is 6.08. The first-order chi connectivity index (χ1) is 9.30. The Morgan fingerprint density at radius 2 is 1.60 bits per heavy atom. The van der Waals surface area contributed by atoms with E-state index in [4.69, 9.17) is 11.6 Å². The van der Waals surface area contributed by atoms with E-state index >= 15 is 0 Å². The molecule has 20 heavy (non-hydrogen) atoms. The Hall–Kier alpha value is -0.520. The number of alkyl halides is 4. The molecular formula is C14H8Br2ClF3. The Morgan fingerprint density at radius 1 is 0.950 bits per heavy atom. The zero-order valence-electron chi connectivity index (χ0n) is 9.89. The van der Waals surface area contributed by atoms with Crippen LogP contribution in [0.25, 0.3) is 0 Å². The maximum absolute atomic E-state index is 13.0. The highest BCUT2D eigenvalue weighted by Crippen LogP contribution is 2.41. The van der Waals surface area contributed by atoms with Crippen LogP contribution >= 0.6 is 43.5 Å². The van der Waals surface area contributed by atoms with Gasteiger partial charge in [-0.05, 0) is 35.4 Å². The molecule has 0 aliphatic rings. The monoisotopic (exact) mass is 426 g/mol. The summed E-state index contributed by atoms with van der Waals surface area (Å²) in [6.45, 7) is 0. The fourth-order valence-electron chi connectivity index (χ4n) is 1.85. The highest BCUT2D eigenvalue weighted by molar-refractivity contribution is 9.11. The minimum absolute atomic E-state index is 0.0421. The van der Waals surface area contributed by atoms with Crippen molar-refractivity contribution in [2.75, 3.05) is 0 Å². The molecule has 0 amide bonds. The zero-order valence-corrected chi connectivity index (χ0v) is 13.8. The van der Waals surface area contributed by atoms with E-state index in [0.717, 1.165) is 10.5 Å². The van der Waals surface area contributed by atoms with Gasteiger partial charge in [0.15, 0.2) is 0 Å². The fourth-order valence-corrected chi connectivity index (χ4v) is 3.21. The standard InChI is InChI=1S/C14H8Br2ClF3/c15-8-5-6-12(16)10(7-8)13(17)9-3-1-2-4-11(9)14(18,19)20/h1-7,13H. The highest BCUT2D eigenvalue weighted by Gasteiger charge is 2.35. The summed E-state index contributed by atoms with van der Waals surface area (Å²) >= 11 is 12.9. The van der Waals surface area contributed by atoms with Crippen LogP contribution in [0.5, 0.6) is 0 Å². The van der Waals surface area contributed by atoms with Crippen LogP contribution in [0.3, 0.4) is 0 Å². The van der Waals surface area contributed by atoms with Crippen LogP contribution in [0, 0.1) is 0 Å². The van der Waals surface area contributed by atoms with Crippen LogP contribution in [-0.4, -0.2) is 0 Å². The van der Waals surface area contributed by atoms with Crippen molar-refractivity contribution in [1.82, 2.24) is 0 Å². The average Bonchev–Trinajstić information content (AvgIpc) is 2.40. The molecule has 0 radical (unpaired) electrons. The molecule has 2 aromatic carbocycles. The average molecular weight is 428 g/mol. The van der Waals surface area contributed by atoms with Crippen molar-refractivity contribution in [1.29, 1.82) is 0 Å². The van der Waals surface area contributed by atoms with Crippen LogP contribution in [-0.2, 0) is 6.18 Å². The van der Waals surface area contributed by atoms with Gasteiger partial charge in [0.05, 0.1) is 10.9 Å². The van der Waals surface area contributed by atoms with E-state index in [1.807, 2.05) is 0 Å². The predicted molar refractivity (Wildman–Crippen MR) is 81.0 cm³/mol. The second-order valence-electron chi connectivity index (χ2n) is 4.11. The van der Waals surface area contributed by atoms with Gasteiger partial charge in [-0.3, -0.25) is 0 Å². The van der Waals surface area contributed by atoms with Gasteiger partial charge in [-0.2, -0.15) is 13.2 Å². The fraction of sp³-hybridized carbons (Fsp3) is 0.143. The summed E-state index contributed by atoms with van der Waals surface area (Å²) in [5, 5.41) is -0.889. The van der Waals surface area contributed by atoms with Crippen molar-refractivity contribution in [2.45, 2.75) is 11.6 Å². The van der Waals surface area contributed by atoms with Crippen molar-refractivity contribution in [3.8, 4) is 0 Å². The maximum atomic E-state index is 13.0. The van der Waals surface area contributed by atoms with E-state index < -0.39 is 17.1 Å². The number of benzene rings is 2. The summed E-state index contributed by atoms with van der Waals surface area (Å²) < 4.78 is 40.5. The lowest BCUT2D eigenvalue weighted by Crippen LogP contribution is -2.10. The second-order valence-corrected chi connectivity index (χ2v) is 6.32. The van der Waals surface area contributed by atoms with Gasteiger partial charge in [0.25, 0.3) is 0 Å². The van der Waals surface area contributed by atoms with E-state index in [9.17, 15) is 13.2 Å². The molecule has 0 saturated heterocycles. The van der Waals surface area contributed by atoms with Crippen molar-refractivity contribution in [3.63, 3.8) is 0 Å². The molecule has 0 saturated carbocycles. The van der Waals surface area contributed by atoms with Crippen LogP contribution in [0.1, 0.15) is 22.1 Å². The first-order valence-corrected chi connectivity index (χ1v) is 7.58. The van der Waals surface area contributed by atoms with E-state index in [2.05, 4.69) is 31.9 Å². The molecule has 2 aromatic rings. The largest absolute Gasteiger partial charge is 0.416 e. The molecule has 6 heteroatoms. The van der Waals surface area contributed by atoms with Gasteiger partial charge in [-0.25, -0.2) is 0 Å². The molecular weight excluding hydrogens is 420 g/mol. The number of hydrogen-bond donors (Lipinski definition) is 0. The van der Waals surface area contributed by atoms with Gasteiger partial charge in [-0.15, -0.1) is 11.6 Å². The molecule has 0 fully saturated rings. The Labute approximate surface area is 136 Å². The minimum Gasteiger partial charge on any atom is -0.166 e. The Morgan fingerprint density at radius 3 is 2.25 bits per heavy atom. The first-order valence-electron chi connectivity index (χ1n) is 5.56. The molecule has 0 aromatic heterocycles. The van der Waals surface area contributed by atoms with Gasteiger partial charge >= 0.3 is 6.18 Å². The molecule has 1 atom stereocenters. The lowest BCUT2D eigenvalue weighted by Gasteiger charge is -2.18. The zero-order chi connectivity index (χ0) is 14.9. The van der Waals surface area contributed by atoms with Crippen molar-refractivity contribution in [3.05, 3.63) is 68.1 Å². The van der Waals surface area contributed by atoms with E-state index in [1.54, 1.807) is 24.3 Å². The third-order valence-electron chi connectivity index (χ3n) is 2.77. The molecule has 0 spiro atoms. The van der Waals surface area contributed by atoms with Gasteiger partial charge < -0.3 is 0 Å². The molecule has 106 valence electrons. The molecule has 0 aliphatic carbocycles. The van der Waals surface area contributed by atoms with Gasteiger partial charge in [0.1, 0.15) is 0 Å². The van der Waals surface area contributed by atoms with Crippen LogP contribution in [0.2, 0.25) is 0 Å². The number of halogens is 6. The lowest BCUT2D eigenvalue weighted by atomic mass is 9.99. The summed E-state index contributed by atoms with van der Waals surface area (Å²) in [6.07, 6.45) is -4.43. The van der Waals surface area contributed by atoms with E-state index in [-0.39, 0.29) is 5.56 Å². The lowest BCUT2D eigenvalue weighted by molar-refractivity contribution is -0.138. The Kier molecular flexibility index (Phi) is 4.82. The van der Waals surface area contributed by atoms with Crippen molar-refractivity contribution >= 4 is 43.5 Å². The summed E-state index contributed by atoms with van der Waals surface area (Å²) in [7, 11) is 0. The van der Waals surface area contributed by atoms with E-state index in [1.165, 1.54) is 12.1 Å². The number of rotatable bonds is 2. The molecule has 1 unspecified atom stereocenters. The summed E-state index contributed by atoms with van der Waals surface area (Å²) in [4.78, 5) is 0. The SMILES string of the molecule is FC(F)(F)c1ccccc1C(Cl)c1cc(Br)ccc1Br. The maximum Gasteiger partial charge on any atom is 0.416 e. The van der Waals surface area contributed by atoms with Gasteiger partial charge in [-0.1, -0.05) is 50.1 Å². The quantitative estimate of drug-likeness (QED) is 0.475. The smallest absolute Gasteiger partial charge is 0.166 e. The molecule has 0 heterocycles. The molecule has 2 rings (SSSR count).